The smallest absolute Gasteiger partial charge is 0.104 e. The second-order valence-electron chi connectivity index (χ2n) is 6.37. The van der Waals surface area contributed by atoms with Crippen LogP contribution in [0, 0.1) is 0 Å². The summed E-state index contributed by atoms with van der Waals surface area (Å²) < 4.78 is 0. The van der Waals surface area contributed by atoms with Crippen molar-refractivity contribution in [3.8, 4) is 0 Å². The maximum absolute atomic E-state index is 2.50. The molecule has 104 valence electrons. The first-order valence-electron chi connectivity index (χ1n) is 7.23. The van der Waals surface area contributed by atoms with Crippen LogP contribution >= 0.6 is 0 Å². The average Bonchev–Trinajstić information content (AvgIpc) is 2.71. The van der Waals surface area contributed by atoms with Crippen LogP contribution in [0.15, 0.2) is 54.6 Å². The lowest BCUT2D eigenvalue weighted by Crippen LogP contribution is -2.49. The molecule has 0 spiro atoms. The van der Waals surface area contributed by atoms with Gasteiger partial charge in [0, 0.05) is 11.2 Å². The van der Waals surface area contributed by atoms with Crippen molar-refractivity contribution in [2.75, 3.05) is 9.80 Å². The van der Waals surface area contributed by atoms with Crippen molar-refractivity contribution in [3.63, 3.8) is 0 Å². The summed E-state index contributed by atoms with van der Waals surface area (Å²) >= 11 is 0. The Kier molecular flexibility index (Phi) is 2.97. The predicted molar refractivity (Wildman–Crippen MR) is 86.7 cm³/mol. The largest absolute Gasteiger partial charge is 0.345 e. The van der Waals surface area contributed by atoms with E-state index in [0.29, 0.717) is 6.17 Å². The van der Waals surface area contributed by atoms with Crippen LogP contribution < -0.4 is 9.80 Å². The van der Waals surface area contributed by atoms with Crippen molar-refractivity contribution in [2.24, 2.45) is 0 Å². The molecule has 2 heteroatoms. The molecule has 0 saturated carbocycles. The van der Waals surface area contributed by atoms with E-state index in [9.17, 15) is 0 Å². The Morgan fingerprint density at radius 2 is 1.35 bits per heavy atom. The zero-order valence-corrected chi connectivity index (χ0v) is 12.7. The van der Waals surface area contributed by atoms with Crippen LogP contribution in [0.3, 0.4) is 0 Å². The first kappa shape index (κ1) is 13.0. The van der Waals surface area contributed by atoms with Crippen molar-refractivity contribution >= 4 is 17.1 Å². The number of rotatable bonds is 1. The van der Waals surface area contributed by atoms with Crippen LogP contribution in [0.4, 0.5) is 17.1 Å². The summed E-state index contributed by atoms with van der Waals surface area (Å²) in [4.78, 5) is 4.91. The molecule has 0 N–H and O–H groups in total. The Morgan fingerprint density at radius 3 is 1.95 bits per heavy atom. The molecule has 1 atom stereocenters. The molecule has 0 fully saturated rings. The van der Waals surface area contributed by atoms with E-state index >= 15 is 0 Å². The number of para-hydroxylation sites is 3. The maximum atomic E-state index is 2.50. The highest BCUT2D eigenvalue weighted by Gasteiger charge is 2.38. The van der Waals surface area contributed by atoms with Gasteiger partial charge in [-0.2, -0.15) is 0 Å². The Bertz CT molecular complexity index is 598. The molecule has 0 aromatic heterocycles. The number of hydrogen-bond acceptors (Lipinski definition) is 2. The normalized spacial score (nSPS) is 18.3. The fourth-order valence-electron chi connectivity index (χ4n) is 3.25. The number of benzene rings is 2. The molecule has 1 aliphatic rings. The van der Waals surface area contributed by atoms with Gasteiger partial charge in [-0.15, -0.1) is 0 Å². The number of anilines is 3. The maximum Gasteiger partial charge on any atom is 0.104 e. The number of fused-ring (bicyclic) bond motifs is 1. The zero-order valence-electron chi connectivity index (χ0n) is 12.7. The Hall–Kier alpha value is -1.96. The average molecular weight is 266 g/mol. The van der Waals surface area contributed by atoms with E-state index in [4.69, 9.17) is 0 Å². The molecule has 1 aliphatic heterocycles. The van der Waals surface area contributed by atoms with Crippen LogP contribution in [0.2, 0.25) is 0 Å². The molecule has 2 aromatic rings. The topological polar surface area (TPSA) is 6.48 Å². The van der Waals surface area contributed by atoms with Gasteiger partial charge in [0.25, 0.3) is 0 Å². The van der Waals surface area contributed by atoms with E-state index in [2.05, 4.69) is 92.1 Å². The molecular formula is C18H22N2. The van der Waals surface area contributed by atoms with Gasteiger partial charge in [-0.25, -0.2) is 0 Å². The molecule has 3 rings (SSSR count). The van der Waals surface area contributed by atoms with Crippen LogP contribution in [0.5, 0.6) is 0 Å². The monoisotopic (exact) mass is 266 g/mol. The molecule has 20 heavy (non-hydrogen) atoms. The van der Waals surface area contributed by atoms with Crippen LogP contribution in [-0.2, 0) is 0 Å². The van der Waals surface area contributed by atoms with Gasteiger partial charge in [-0.05, 0) is 52.0 Å². The van der Waals surface area contributed by atoms with E-state index in [0.717, 1.165) is 0 Å². The standard InChI is InChI=1S/C18H22N2/c1-14-19(15-10-6-5-7-11-15)16-12-8-9-13-17(16)20(14)18(2,3)4/h5-14H,1-4H3. The number of hydrogen-bond donors (Lipinski definition) is 0. The van der Waals surface area contributed by atoms with Gasteiger partial charge in [0.05, 0.1) is 11.4 Å². The van der Waals surface area contributed by atoms with E-state index in [1.807, 2.05) is 0 Å². The lowest BCUT2D eigenvalue weighted by molar-refractivity contribution is 0.468. The SMILES string of the molecule is CC1N(c2ccccc2)c2ccccc2N1C(C)(C)C. The molecule has 0 bridgehead atoms. The van der Waals surface area contributed by atoms with E-state index in [1.165, 1.54) is 17.1 Å². The molecule has 0 saturated heterocycles. The predicted octanol–water partition coefficient (Wildman–Crippen LogP) is 4.79. The summed E-state index contributed by atoms with van der Waals surface area (Å²) in [6.45, 7) is 9.09. The third-order valence-corrected chi connectivity index (χ3v) is 3.91. The summed E-state index contributed by atoms with van der Waals surface area (Å²) in [6, 6.07) is 19.3. The van der Waals surface area contributed by atoms with Gasteiger partial charge < -0.3 is 9.80 Å². The first-order valence-corrected chi connectivity index (χ1v) is 7.23. The molecule has 0 radical (unpaired) electrons. The summed E-state index contributed by atoms with van der Waals surface area (Å²) in [6.07, 6.45) is 0.315. The minimum atomic E-state index is 0.0963. The van der Waals surface area contributed by atoms with Gasteiger partial charge in [0.15, 0.2) is 0 Å². The molecule has 2 aromatic carbocycles. The lowest BCUT2D eigenvalue weighted by Gasteiger charge is -2.39. The van der Waals surface area contributed by atoms with Crippen LogP contribution in [-0.4, -0.2) is 11.7 Å². The second-order valence-corrected chi connectivity index (χ2v) is 6.37. The summed E-state index contributed by atoms with van der Waals surface area (Å²) in [5, 5.41) is 0. The highest BCUT2D eigenvalue weighted by Crippen LogP contribution is 2.46. The van der Waals surface area contributed by atoms with E-state index in [1.54, 1.807) is 0 Å². The molecule has 0 amide bonds. The Labute approximate surface area is 121 Å². The fourth-order valence-corrected chi connectivity index (χ4v) is 3.25. The van der Waals surface area contributed by atoms with Crippen molar-refractivity contribution in [2.45, 2.75) is 39.4 Å². The fraction of sp³-hybridized carbons (Fsp3) is 0.333. The third-order valence-electron chi connectivity index (χ3n) is 3.91. The van der Waals surface area contributed by atoms with Gasteiger partial charge >= 0.3 is 0 Å². The lowest BCUT2D eigenvalue weighted by atomic mass is 10.0. The molecule has 1 unspecified atom stereocenters. The summed E-state index contributed by atoms with van der Waals surface area (Å²) in [5.74, 6) is 0. The highest BCUT2D eigenvalue weighted by molar-refractivity contribution is 5.84. The Balaban J connectivity index is 2.14. The minimum Gasteiger partial charge on any atom is -0.345 e. The second kappa shape index (κ2) is 4.55. The van der Waals surface area contributed by atoms with Crippen LogP contribution in [0.1, 0.15) is 27.7 Å². The third kappa shape index (κ3) is 1.96. The van der Waals surface area contributed by atoms with Crippen molar-refractivity contribution in [3.05, 3.63) is 54.6 Å². The van der Waals surface area contributed by atoms with E-state index in [-0.39, 0.29) is 5.54 Å². The van der Waals surface area contributed by atoms with Gasteiger partial charge in [0.1, 0.15) is 6.17 Å². The minimum absolute atomic E-state index is 0.0963. The van der Waals surface area contributed by atoms with Crippen molar-refractivity contribution in [1.82, 2.24) is 0 Å². The first-order chi connectivity index (χ1) is 9.50. The zero-order chi connectivity index (χ0) is 14.3. The van der Waals surface area contributed by atoms with Gasteiger partial charge in [-0.1, -0.05) is 30.3 Å². The molecule has 0 aliphatic carbocycles. The van der Waals surface area contributed by atoms with Gasteiger partial charge in [0.2, 0.25) is 0 Å². The van der Waals surface area contributed by atoms with Gasteiger partial charge in [-0.3, -0.25) is 0 Å². The summed E-state index contributed by atoms with van der Waals surface area (Å²) in [7, 11) is 0. The van der Waals surface area contributed by atoms with Crippen LogP contribution in [0.25, 0.3) is 0 Å². The quantitative estimate of drug-likeness (QED) is 0.732. The van der Waals surface area contributed by atoms with Crippen molar-refractivity contribution in [1.29, 1.82) is 0 Å². The van der Waals surface area contributed by atoms with E-state index < -0.39 is 0 Å². The number of nitrogens with zero attached hydrogens (tertiary/aromatic N) is 2. The molecule has 2 nitrogen and oxygen atoms in total. The Morgan fingerprint density at radius 1 is 0.800 bits per heavy atom. The highest BCUT2D eigenvalue weighted by atomic mass is 15.4. The van der Waals surface area contributed by atoms with Crippen molar-refractivity contribution < 1.29 is 0 Å². The molecule has 1 heterocycles. The summed E-state index contributed by atoms with van der Waals surface area (Å²) in [5.41, 5.74) is 3.95. The molecular weight excluding hydrogens is 244 g/mol.